The minimum Gasteiger partial charge on any atom is -0.468 e. The van der Waals surface area contributed by atoms with Crippen molar-refractivity contribution >= 4 is 11.7 Å². The van der Waals surface area contributed by atoms with Gasteiger partial charge in [-0.25, -0.2) is 0 Å². The van der Waals surface area contributed by atoms with Gasteiger partial charge in [0.05, 0.1) is 12.0 Å². The van der Waals surface area contributed by atoms with E-state index < -0.39 is 10.9 Å². The summed E-state index contributed by atoms with van der Waals surface area (Å²) in [6.45, 7) is 3.48. The van der Waals surface area contributed by atoms with Crippen molar-refractivity contribution in [3.05, 3.63) is 21.5 Å². The lowest BCUT2D eigenvalue weighted by molar-refractivity contribution is -0.386. The van der Waals surface area contributed by atoms with Gasteiger partial charge in [-0.3, -0.25) is 19.6 Å². The summed E-state index contributed by atoms with van der Waals surface area (Å²) in [5.74, 6) is -0.472. The van der Waals surface area contributed by atoms with Gasteiger partial charge in [-0.05, 0) is 12.8 Å². The van der Waals surface area contributed by atoms with E-state index in [2.05, 4.69) is 9.84 Å². The molecule has 1 aromatic rings. The Morgan fingerprint density at radius 1 is 1.47 bits per heavy atom. The van der Waals surface area contributed by atoms with Gasteiger partial charge in [-0.15, -0.1) is 0 Å². The van der Waals surface area contributed by atoms with Crippen LogP contribution in [0.4, 0.5) is 5.69 Å². The average molecular weight is 241 g/mol. The van der Waals surface area contributed by atoms with Gasteiger partial charge in [0, 0.05) is 0 Å². The Morgan fingerprint density at radius 2 is 2.12 bits per heavy atom. The number of hydrogen-bond acceptors (Lipinski definition) is 5. The molecule has 0 radical (unpaired) electrons. The lowest BCUT2D eigenvalue weighted by Gasteiger charge is -2.02. The van der Waals surface area contributed by atoms with Gasteiger partial charge in [0.1, 0.15) is 17.9 Å². The topological polar surface area (TPSA) is 87.3 Å². The second kappa shape index (κ2) is 5.42. The molecular weight excluding hydrogens is 226 g/mol. The quantitative estimate of drug-likeness (QED) is 0.437. The molecule has 0 aliphatic rings. The van der Waals surface area contributed by atoms with Crippen molar-refractivity contribution in [2.45, 2.75) is 33.2 Å². The van der Waals surface area contributed by atoms with E-state index >= 15 is 0 Å². The molecule has 0 atom stereocenters. The van der Waals surface area contributed by atoms with Gasteiger partial charge in [0.2, 0.25) is 0 Å². The molecule has 1 rings (SSSR count). The number of hydrogen-bond donors (Lipinski definition) is 0. The molecule has 17 heavy (non-hydrogen) atoms. The van der Waals surface area contributed by atoms with Gasteiger partial charge in [0.15, 0.2) is 0 Å². The van der Waals surface area contributed by atoms with Crippen LogP contribution in [0.1, 0.15) is 25.2 Å². The zero-order valence-corrected chi connectivity index (χ0v) is 10.1. The highest BCUT2D eigenvalue weighted by Gasteiger charge is 2.26. The van der Waals surface area contributed by atoms with Crippen LogP contribution in [0.25, 0.3) is 0 Å². The predicted octanol–water partition coefficient (Wildman–Crippen LogP) is 1.09. The second-order valence-electron chi connectivity index (χ2n) is 3.44. The third-order valence-electron chi connectivity index (χ3n) is 2.46. The molecule has 0 aliphatic heterocycles. The molecule has 1 aromatic heterocycles. The van der Waals surface area contributed by atoms with Gasteiger partial charge in [-0.1, -0.05) is 13.8 Å². The van der Waals surface area contributed by atoms with Gasteiger partial charge >= 0.3 is 11.7 Å². The first-order valence-corrected chi connectivity index (χ1v) is 5.34. The zero-order chi connectivity index (χ0) is 13.0. The molecule has 0 aromatic carbocycles. The second-order valence-corrected chi connectivity index (χ2v) is 3.44. The van der Waals surface area contributed by atoms with Gasteiger partial charge in [0.25, 0.3) is 0 Å². The Hall–Kier alpha value is -1.92. The Kier molecular flexibility index (Phi) is 4.19. The van der Waals surface area contributed by atoms with E-state index in [0.29, 0.717) is 24.2 Å². The van der Waals surface area contributed by atoms with Crippen LogP contribution >= 0.6 is 0 Å². The van der Waals surface area contributed by atoms with E-state index in [-0.39, 0.29) is 12.2 Å². The molecule has 7 heteroatoms. The summed E-state index contributed by atoms with van der Waals surface area (Å²) < 4.78 is 5.88. The minimum atomic E-state index is -0.472. The number of carbonyl (C=O) groups excluding carboxylic acids is 1. The lowest BCUT2D eigenvalue weighted by Crippen LogP contribution is -2.15. The minimum absolute atomic E-state index is 0.0129. The van der Waals surface area contributed by atoms with E-state index in [4.69, 9.17) is 0 Å². The molecule has 0 amide bonds. The van der Waals surface area contributed by atoms with Crippen molar-refractivity contribution in [2.75, 3.05) is 7.11 Å². The zero-order valence-electron chi connectivity index (χ0n) is 10.1. The maximum Gasteiger partial charge on any atom is 0.327 e. The van der Waals surface area contributed by atoms with Crippen LogP contribution in [0.3, 0.4) is 0 Å². The molecule has 0 fully saturated rings. The van der Waals surface area contributed by atoms with E-state index in [9.17, 15) is 14.9 Å². The maximum atomic E-state index is 11.2. The van der Waals surface area contributed by atoms with Crippen molar-refractivity contribution in [1.82, 2.24) is 9.78 Å². The fraction of sp³-hybridized carbons (Fsp3) is 0.600. The highest BCUT2D eigenvalue weighted by atomic mass is 16.6. The molecular formula is C10H15N3O4. The number of nitro groups is 1. The monoisotopic (exact) mass is 241 g/mol. The number of esters is 1. The van der Waals surface area contributed by atoms with Crippen LogP contribution in [0.2, 0.25) is 0 Å². The fourth-order valence-corrected chi connectivity index (χ4v) is 1.66. The van der Waals surface area contributed by atoms with Crippen molar-refractivity contribution < 1.29 is 14.5 Å². The van der Waals surface area contributed by atoms with E-state index in [0.717, 1.165) is 0 Å². The number of rotatable bonds is 5. The number of aryl methyl sites for hydroxylation is 1. The Labute approximate surface area is 98.5 Å². The van der Waals surface area contributed by atoms with Crippen LogP contribution in [-0.4, -0.2) is 27.8 Å². The highest BCUT2D eigenvalue weighted by molar-refractivity contribution is 5.69. The average Bonchev–Trinajstić information content (AvgIpc) is 2.66. The van der Waals surface area contributed by atoms with Crippen LogP contribution < -0.4 is 0 Å². The Balaban J connectivity index is 3.22. The molecule has 7 nitrogen and oxygen atoms in total. The van der Waals surface area contributed by atoms with E-state index in [1.807, 2.05) is 0 Å². The first-order chi connectivity index (χ1) is 8.04. The lowest BCUT2D eigenvalue weighted by atomic mass is 10.2. The van der Waals surface area contributed by atoms with Crippen molar-refractivity contribution in [3.63, 3.8) is 0 Å². The molecule has 1 heterocycles. The number of nitrogens with zero attached hydrogens (tertiary/aromatic N) is 3. The number of carbonyl (C=O) groups is 1. The smallest absolute Gasteiger partial charge is 0.327 e. The van der Waals surface area contributed by atoms with E-state index in [1.54, 1.807) is 13.8 Å². The predicted molar refractivity (Wildman–Crippen MR) is 59.7 cm³/mol. The summed E-state index contributed by atoms with van der Waals surface area (Å²) in [7, 11) is 1.27. The summed E-state index contributed by atoms with van der Waals surface area (Å²) >= 11 is 0. The Morgan fingerprint density at radius 3 is 2.53 bits per heavy atom. The number of aromatic nitrogens is 2. The molecule has 0 saturated carbocycles. The summed E-state index contributed by atoms with van der Waals surface area (Å²) in [6.07, 6.45) is 0.901. The third-order valence-corrected chi connectivity index (χ3v) is 2.46. The third kappa shape index (κ3) is 2.61. The largest absolute Gasteiger partial charge is 0.468 e. The normalized spacial score (nSPS) is 10.3. The molecule has 0 aliphatic carbocycles. The number of methoxy groups -OCH3 is 1. The molecule has 0 N–H and O–H groups in total. The van der Waals surface area contributed by atoms with Gasteiger partial charge in [-0.2, -0.15) is 5.10 Å². The summed E-state index contributed by atoms with van der Waals surface area (Å²) in [5, 5.41) is 15.0. The first-order valence-electron chi connectivity index (χ1n) is 5.34. The van der Waals surface area contributed by atoms with Crippen LogP contribution in [0.15, 0.2) is 0 Å². The molecule has 0 spiro atoms. The standard InChI is InChI=1S/C10H15N3O4/c1-4-7-10(13(15)16)8(5-2)12(11-7)6-9(14)17-3/h4-6H2,1-3H3. The SMILES string of the molecule is CCc1nn(CC(=O)OC)c(CC)c1[N+](=O)[O-]. The van der Waals surface area contributed by atoms with E-state index in [1.165, 1.54) is 11.8 Å². The molecule has 0 bridgehead atoms. The highest BCUT2D eigenvalue weighted by Crippen LogP contribution is 2.24. The van der Waals surface area contributed by atoms with Crippen LogP contribution in [0, 0.1) is 10.1 Å². The fourth-order valence-electron chi connectivity index (χ4n) is 1.66. The molecule has 0 saturated heterocycles. The summed E-state index contributed by atoms with van der Waals surface area (Å²) in [6, 6.07) is 0. The van der Waals surface area contributed by atoms with Crippen molar-refractivity contribution in [1.29, 1.82) is 0 Å². The molecule has 0 unspecified atom stereocenters. The Bertz CT molecular complexity index is 439. The van der Waals surface area contributed by atoms with Crippen LogP contribution in [-0.2, 0) is 28.9 Å². The van der Waals surface area contributed by atoms with Gasteiger partial charge < -0.3 is 4.74 Å². The maximum absolute atomic E-state index is 11.2. The molecule has 94 valence electrons. The van der Waals surface area contributed by atoms with Crippen LogP contribution in [0.5, 0.6) is 0 Å². The summed E-state index contributed by atoms with van der Waals surface area (Å²) in [5.41, 5.74) is 0.868. The van der Waals surface area contributed by atoms with Crippen molar-refractivity contribution in [3.8, 4) is 0 Å². The number of ether oxygens (including phenoxy) is 1. The summed E-state index contributed by atoms with van der Waals surface area (Å²) in [4.78, 5) is 21.7. The van der Waals surface area contributed by atoms with Crippen molar-refractivity contribution in [2.24, 2.45) is 0 Å². The first kappa shape index (κ1) is 13.1.